The van der Waals surface area contributed by atoms with Gasteiger partial charge in [0.25, 0.3) is 0 Å². The number of aliphatic hydroxyl groups is 1. The summed E-state index contributed by atoms with van der Waals surface area (Å²) in [5.41, 5.74) is 0.960. The van der Waals surface area contributed by atoms with Crippen LogP contribution in [-0.2, 0) is 0 Å². The van der Waals surface area contributed by atoms with E-state index in [0.717, 1.165) is 28.3 Å². The fourth-order valence-electron chi connectivity index (χ4n) is 2.01. The SMILES string of the molecule is C#CCCCC(O)c1ccc2cc(Br)ccc2c1. The maximum absolute atomic E-state index is 10.1. The molecule has 1 N–H and O–H groups in total. The molecule has 2 rings (SSSR count). The van der Waals surface area contributed by atoms with Gasteiger partial charge in [0.2, 0.25) is 0 Å². The highest BCUT2D eigenvalue weighted by molar-refractivity contribution is 9.10. The Bertz CT molecular complexity index is 583. The number of halogens is 1. The van der Waals surface area contributed by atoms with Gasteiger partial charge in [-0.3, -0.25) is 0 Å². The lowest BCUT2D eigenvalue weighted by Gasteiger charge is -2.11. The van der Waals surface area contributed by atoms with Crippen LogP contribution in [0.4, 0.5) is 0 Å². The molecule has 0 aliphatic rings. The molecule has 1 atom stereocenters. The molecular formula is C16H15BrO. The first-order valence-electron chi connectivity index (χ1n) is 6.01. The Morgan fingerprint density at radius 2 is 1.89 bits per heavy atom. The molecule has 1 unspecified atom stereocenters. The van der Waals surface area contributed by atoms with Crippen LogP contribution in [0.15, 0.2) is 40.9 Å². The van der Waals surface area contributed by atoms with E-state index in [4.69, 9.17) is 6.42 Å². The first-order valence-corrected chi connectivity index (χ1v) is 6.81. The molecule has 18 heavy (non-hydrogen) atoms. The molecule has 0 bridgehead atoms. The Hall–Kier alpha value is -1.30. The van der Waals surface area contributed by atoms with E-state index in [2.05, 4.69) is 34.0 Å². The van der Waals surface area contributed by atoms with E-state index in [0.29, 0.717) is 6.42 Å². The highest BCUT2D eigenvalue weighted by atomic mass is 79.9. The third-order valence-corrected chi connectivity index (χ3v) is 3.50. The zero-order valence-corrected chi connectivity index (χ0v) is 11.7. The number of hydrogen-bond donors (Lipinski definition) is 1. The van der Waals surface area contributed by atoms with Gasteiger partial charge in [0, 0.05) is 10.9 Å². The summed E-state index contributed by atoms with van der Waals surface area (Å²) in [4.78, 5) is 0. The van der Waals surface area contributed by atoms with Crippen molar-refractivity contribution in [2.45, 2.75) is 25.4 Å². The van der Waals surface area contributed by atoms with Gasteiger partial charge in [-0.2, -0.15) is 0 Å². The van der Waals surface area contributed by atoms with Crippen molar-refractivity contribution in [3.8, 4) is 12.3 Å². The van der Waals surface area contributed by atoms with Gasteiger partial charge in [0.15, 0.2) is 0 Å². The summed E-state index contributed by atoms with van der Waals surface area (Å²) < 4.78 is 1.07. The van der Waals surface area contributed by atoms with Gasteiger partial charge in [-0.15, -0.1) is 12.3 Å². The lowest BCUT2D eigenvalue weighted by Crippen LogP contribution is -1.97. The van der Waals surface area contributed by atoms with Crippen LogP contribution in [0.2, 0.25) is 0 Å². The molecule has 0 amide bonds. The Morgan fingerprint density at radius 3 is 2.67 bits per heavy atom. The van der Waals surface area contributed by atoms with Crippen LogP contribution < -0.4 is 0 Å². The molecule has 2 aromatic rings. The maximum atomic E-state index is 10.1. The Balaban J connectivity index is 2.19. The summed E-state index contributed by atoms with van der Waals surface area (Å²) >= 11 is 3.45. The minimum absolute atomic E-state index is 0.425. The van der Waals surface area contributed by atoms with E-state index in [1.54, 1.807) is 0 Å². The number of rotatable bonds is 4. The second-order valence-corrected chi connectivity index (χ2v) is 5.28. The van der Waals surface area contributed by atoms with Crippen molar-refractivity contribution in [2.24, 2.45) is 0 Å². The first kappa shape index (κ1) is 13.1. The van der Waals surface area contributed by atoms with E-state index in [-0.39, 0.29) is 0 Å². The quantitative estimate of drug-likeness (QED) is 0.654. The summed E-state index contributed by atoms with van der Waals surface area (Å²) in [7, 11) is 0. The number of benzene rings is 2. The van der Waals surface area contributed by atoms with Crippen LogP contribution in [0, 0.1) is 12.3 Å². The lowest BCUT2D eigenvalue weighted by molar-refractivity contribution is 0.165. The van der Waals surface area contributed by atoms with Crippen LogP contribution in [0.1, 0.15) is 30.9 Å². The zero-order chi connectivity index (χ0) is 13.0. The van der Waals surface area contributed by atoms with Gasteiger partial charge in [-0.1, -0.05) is 34.1 Å². The van der Waals surface area contributed by atoms with Gasteiger partial charge in [0.1, 0.15) is 0 Å². The molecule has 0 spiro atoms. The van der Waals surface area contributed by atoms with Crippen molar-refractivity contribution in [2.75, 3.05) is 0 Å². The van der Waals surface area contributed by atoms with Crippen LogP contribution in [-0.4, -0.2) is 5.11 Å². The molecule has 0 radical (unpaired) electrons. The summed E-state index contributed by atoms with van der Waals surface area (Å²) in [5, 5.41) is 12.4. The summed E-state index contributed by atoms with van der Waals surface area (Å²) in [6.45, 7) is 0. The Morgan fingerprint density at radius 1 is 1.17 bits per heavy atom. The standard InChI is InChI=1S/C16H15BrO/c1-2-3-4-5-16(18)14-7-6-13-11-15(17)9-8-12(13)10-14/h1,6-11,16,18H,3-5H2. The van der Waals surface area contributed by atoms with Gasteiger partial charge in [0.05, 0.1) is 6.10 Å². The molecular weight excluding hydrogens is 288 g/mol. The van der Waals surface area contributed by atoms with E-state index in [1.165, 1.54) is 5.39 Å². The normalized spacial score (nSPS) is 12.3. The summed E-state index contributed by atoms with van der Waals surface area (Å²) in [6.07, 6.45) is 7.07. The van der Waals surface area contributed by atoms with Gasteiger partial charge >= 0.3 is 0 Å². The topological polar surface area (TPSA) is 20.2 Å². The molecule has 2 heteroatoms. The van der Waals surface area contributed by atoms with Crippen molar-refractivity contribution >= 4 is 26.7 Å². The van der Waals surface area contributed by atoms with E-state index in [9.17, 15) is 5.11 Å². The third kappa shape index (κ3) is 3.13. The van der Waals surface area contributed by atoms with Crippen LogP contribution in [0.5, 0.6) is 0 Å². The summed E-state index contributed by atoms with van der Waals surface area (Å²) in [6, 6.07) is 12.2. The third-order valence-electron chi connectivity index (χ3n) is 3.01. The predicted molar refractivity (Wildman–Crippen MR) is 79.3 cm³/mol. The molecule has 0 aliphatic heterocycles. The zero-order valence-electron chi connectivity index (χ0n) is 10.1. The van der Waals surface area contributed by atoms with Crippen LogP contribution in [0.25, 0.3) is 10.8 Å². The first-order chi connectivity index (χ1) is 8.70. The highest BCUT2D eigenvalue weighted by Gasteiger charge is 2.07. The summed E-state index contributed by atoms with van der Waals surface area (Å²) in [5.74, 6) is 2.59. The van der Waals surface area contributed by atoms with Crippen molar-refractivity contribution in [1.82, 2.24) is 0 Å². The van der Waals surface area contributed by atoms with Crippen molar-refractivity contribution in [3.63, 3.8) is 0 Å². The minimum atomic E-state index is -0.425. The van der Waals surface area contributed by atoms with E-state index in [1.807, 2.05) is 24.3 Å². The molecule has 1 nitrogen and oxygen atoms in total. The second kappa shape index (κ2) is 6.04. The minimum Gasteiger partial charge on any atom is -0.388 e. The van der Waals surface area contributed by atoms with Crippen molar-refractivity contribution < 1.29 is 5.11 Å². The van der Waals surface area contributed by atoms with Gasteiger partial charge in [-0.25, -0.2) is 0 Å². The van der Waals surface area contributed by atoms with Gasteiger partial charge < -0.3 is 5.11 Å². The van der Waals surface area contributed by atoms with Crippen LogP contribution >= 0.6 is 15.9 Å². The molecule has 0 heterocycles. The monoisotopic (exact) mass is 302 g/mol. The lowest BCUT2D eigenvalue weighted by atomic mass is 10.0. The fourth-order valence-corrected chi connectivity index (χ4v) is 2.39. The highest BCUT2D eigenvalue weighted by Crippen LogP contribution is 2.25. The molecule has 2 aromatic carbocycles. The molecule has 0 saturated heterocycles. The maximum Gasteiger partial charge on any atom is 0.0790 e. The van der Waals surface area contributed by atoms with E-state index < -0.39 is 6.10 Å². The van der Waals surface area contributed by atoms with E-state index >= 15 is 0 Å². The molecule has 0 aromatic heterocycles. The molecule has 92 valence electrons. The van der Waals surface area contributed by atoms with Crippen LogP contribution in [0.3, 0.4) is 0 Å². The number of aliphatic hydroxyl groups excluding tert-OH is 1. The van der Waals surface area contributed by atoms with Crippen molar-refractivity contribution in [3.05, 3.63) is 46.4 Å². The smallest absolute Gasteiger partial charge is 0.0790 e. The molecule has 0 saturated carbocycles. The molecule has 0 aliphatic carbocycles. The van der Waals surface area contributed by atoms with Crippen molar-refractivity contribution in [1.29, 1.82) is 0 Å². The number of fused-ring (bicyclic) bond motifs is 1. The average molecular weight is 303 g/mol. The fraction of sp³-hybridized carbons (Fsp3) is 0.250. The number of unbranched alkanes of at least 4 members (excludes halogenated alkanes) is 1. The predicted octanol–water partition coefficient (Wildman–Crippen LogP) is 4.44. The Kier molecular flexibility index (Phi) is 4.41. The largest absolute Gasteiger partial charge is 0.388 e. The average Bonchev–Trinajstić information content (AvgIpc) is 2.38. The number of hydrogen-bond acceptors (Lipinski definition) is 1. The van der Waals surface area contributed by atoms with Gasteiger partial charge in [-0.05, 0) is 47.4 Å². The Labute approximate surface area is 116 Å². The second-order valence-electron chi connectivity index (χ2n) is 4.36. The molecule has 0 fully saturated rings. The number of terminal acetylenes is 1.